The zero-order chi connectivity index (χ0) is 23.8. The minimum Gasteiger partial charge on any atom is -0.375 e. The van der Waals surface area contributed by atoms with Gasteiger partial charge in [0.05, 0.1) is 0 Å². The lowest BCUT2D eigenvalue weighted by Crippen LogP contribution is -2.40. The van der Waals surface area contributed by atoms with Crippen LogP contribution < -0.4 is 5.73 Å². The van der Waals surface area contributed by atoms with E-state index in [9.17, 15) is 23.1 Å². The molecule has 0 saturated heterocycles. The Kier molecular flexibility index (Phi) is 5.50. The third kappa shape index (κ3) is 3.98. The van der Waals surface area contributed by atoms with Gasteiger partial charge in [0, 0.05) is 11.1 Å². The molecule has 2 heterocycles. The summed E-state index contributed by atoms with van der Waals surface area (Å²) in [5, 5.41) is 17.7. The standard InChI is InChI=1S/C22H17F3N4O4/c1-2-21(31,20(26)30)14-10-8-13(9-11-14)18-27-19(33-29-18)16-15(22(23,24)25)17(32-28-16)12-6-4-3-5-7-12/h3-11,31H,2H2,1H3,(H2,26,30). The number of aliphatic hydroxyl groups is 1. The van der Waals surface area contributed by atoms with Gasteiger partial charge in [-0.2, -0.15) is 18.2 Å². The van der Waals surface area contributed by atoms with Crippen LogP contribution >= 0.6 is 0 Å². The van der Waals surface area contributed by atoms with Gasteiger partial charge in [0.25, 0.3) is 11.8 Å². The van der Waals surface area contributed by atoms with Crippen LogP contribution in [0.15, 0.2) is 63.6 Å². The van der Waals surface area contributed by atoms with Crippen LogP contribution in [0.25, 0.3) is 34.3 Å². The number of halogens is 3. The van der Waals surface area contributed by atoms with Gasteiger partial charge in [0.15, 0.2) is 17.1 Å². The summed E-state index contributed by atoms with van der Waals surface area (Å²) in [5.74, 6) is -1.87. The summed E-state index contributed by atoms with van der Waals surface area (Å²) in [6, 6.07) is 13.6. The summed E-state index contributed by atoms with van der Waals surface area (Å²) in [4.78, 5) is 15.6. The number of hydrogen-bond acceptors (Lipinski definition) is 7. The molecule has 0 saturated carbocycles. The van der Waals surface area contributed by atoms with Crippen LogP contribution in [0.3, 0.4) is 0 Å². The minimum absolute atomic E-state index is 0.0203. The molecule has 0 aliphatic rings. The molecule has 1 amide bonds. The van der Waals surface area contributed by atoms with Crippen LogP contribution in [0.1, 0.15) is 24.5 Å². The lowest BCUT2D eigenvalue weighted by Gasteiger charge is -2.23. The van der Waals surface area contributed by atoms with Crippen molar-refractivity contribution >= 4 is 5.91 Å². The zero-order valence-corrected chi connectivity index (χ0v) is 17.1. The Hall–Kier alpha value is -3.99. The molecule has 4 rings (SSSR count). The molecule has 0 bridgehead atoms. The number of benzene rings is 2. The number of carbonyl (C=O) groups is 1. The molecule has 1 unspecified atom stereocenters. The molecule has 0 aliphatic carbocycles. The van der Waals surface area contributed by atoms with Gasteiger partial charge in [-0.3, -0.25) is 4.79 Å². The Bertz CT molecular complexity index is 1280. The average molecular weight is 458 g/mol. The van der Waals surface area contributed by atoms with E-state index in [-0.39, 0.29) is 23.4 Å². The molecule has 0 radical (unpaired) electrons. The summed E-state index contributed by atoms with van der Waals surface area (Å²) in [5.41, 5.74) is 2.49. The molecule has 4 aromatic rings. The van der Waals surface area contributed by atoms with Crippen molar-refractivity contribution in [2.45, 2.75) is 25.1 Å². The number of amides is 1. The summed E-state index contributed by atoms with van der Waals surface area (Å²) < 4.78 is 51.6. The fourth-order valence-electron chi connectivity index (χ4n) is 3.34. The molecule has 170 valence electrons. The van der Waals surface area contributed by atoms with E-state index < -0.39 is 40.6 Å². The smallest absolute Gasteiger partial charge is 0.375 e. The third-order valence-electron chi connectivity index (χ3n) is 5.18. The van der Waals surface area contributed by atoms with Gasteiger partial charge in [-0.05, 0) is 12.0 Å². The molecule has 0 spiro atoms. The maximum Gasteiger partial charge on any atom is 0.422 e. The number of primary amides is 1. The molecule has 33 heavy (non-hydrogen) atoms. The normalized spacial score (nSPS) is 13.6. The molecule has 2 aromatic heterocycles. The fraction of sp³-hybridized carbons (Fsp3) is 0.182. The predicted molar refractivity (Wildman–Crippen MR) is 109 cm³/mol. The number of alkyl halides is 3. The van der Waals surface area contributed by atoms with Crippen LogP contribution in [0, 0.1) is 0 Å². The van der Waals surface area contributed by atoms with Gasteiger partial charge in [0.2, 0.25) is 5.82 Å². The summed E-state index contributed by atoms with van der Waals surface area (Å²) in [6.07, 6.45) is -4.74. The van der Waals surface area contributed by atoms with E-state index in [0.29, 0.717) is 5.56 Å². The SMILES string of the molecule is CCC(O)(C(N)=O)c1ccc(-c2noc(-c3noc(-c4ccccc4)c3C(F)(F)F)n2)cc1. The Balaban J connectivity index is 1.71. The summed E-state index contributed by atoms with van der Waals surface area (Å²) in [7, 11) is 0. The molecular weight excluding hydrogens is 441 g/mol. The summed E-state index contributed by atoms with van der Waals surface area (Å²) in [6.45, 7) is 1.60. The Labute approximate surface area is 184 Å². The van der Waals surface area contributed by atoms with Crippen LogP contribution in [-0.4, -0.2) is 26.3 Å². The second-order valence-electron chi connectivity index (χ2n) is 7.18. The monoisotopic (exact) mass is 458 g/mol. The van der Waals surface area contributed by atoms with Crippen LogP contribution in [0.2, 0.25) is 0 Å². The van der Waals surface area contributed by atoms with Gasteiger partial charge in [-0.1, -0.05) is 71.8 Å². The number of hydrogen-bond donors (Lipinski definition) is 2. The first kappa shape index (κ1) is 22.2. The van der Waals surface area contributed by atoms with Crippen LogP contribution in [0.4, 0.5) is 13.2 Å². The van der Waals surface area contributed by atoms with Gasteiger partial charge >= 0.3 is 6.18 Å². The molecule has 0 aliphatic heterocycles. The first-order valence-electron chi connectivity index (χ1n) is 9.74. The van der Waals surface area contributed by atoms with Crippen molar-refractivity contribution in [3.05, 3.63) is 65.7 Å². The molecule has 2 aromatic carbocycles. The van der Waals surface area contributed by atoms with Crippen molar-refractivity contribution in [1.29, 1.82) is 0 Å². The highest BCUT2D eigenvalue weighted by Crippen LogP contribution is 2.43. The first-order valence-corrected chi connectivity index (χ1v) is 9.74. The van der Waals surface area contributed by atoms with E-state index in [1.807, 2.05) is 0 Å². The first-order chi connectivity index (χ1) is 15.6. The van der Waals surface area contributed by atoms with E-state index in [1.165, 1.54) is 36.4 Å². The largest absolute Gasteiger partial charge is 0.422 e. The lowest BCUT2D eigenvalue weighted by molar-refractivity contribution is -0.138. The third-order valence-corrected chi connectivity index (χ3v) is 5.18. The van der Waals surface area contributed by atoms with Crippen molar-refractivity contribution in [2.75, 3.05) is 0 Å². The van der Waals surface area contributed by atoms with Crippen LogP contribution in [0.5, 0.6) is 0 Å². The van der Waals surface area contributed by atoms with E-state index in [0.717, 1.165) is 0 Å². The molecule has 0 fully saturated rings. The highest BCUT2D eigenvalue weighted by atomic mass is 19.4. The van der Waals surface area contributed by atoms with Crippen molar-refractivity contribution in [2.24, 2.45) is 5.73 Å². The maximum absolute atomic E-state index is 13.8. The molecule has 3 N–H and O–H groups in total. The second-order valence-corrected chi connectivity index (χ2v) is 7.18. The van der Waals surface area contributed by atoms with E-state index >= 15 is 0 Å². The molecule has 1 atom stereocenters. The Morgan fingerprint density at radius 2 is 1.67 bits per heavy atom. The van der Waals surface area contributed by atoms with Crippen molar-refractivity contribution in [3.63, 3.8) is 0 Å². The van der Waals surface area contributed by atoms with E-state index in [4.69, 9.17) is 14.8 Å². The van der Waals surface area contributed by atoms with Gasteiger partial charge in [-0.15, -0.1) is 0 Å². The number of aromatic nitrogens is 3. The van der Waals surface area contributed by atoms with Gasteiger partial charge in [0.1, 0.15) is 5.56 Å². The van der Waals surface area contributed by atoms with Crippen molar-refractivity contribution < 1.29 is 32.1 Å². The maximum atomic E-state index is 13.8. The zero-order valence-electron chi connectivity index (χ0n) is 17.1. The number of rotatable bonds is 6. The number of carbonyl (C=O) groups excluding carboxylic acids is 1. The van der Waals surface area contributed by atoms with Crippen molar-refractivity contribution in [3.8, 4) is 34.3 Å². The van der Waals surface area contributed by atoms with E-state index in [1.54, 1.807) is 25.1 Å². The van der Waals surface area contributed by atoms with Gasteiger partial charge < -0.3 is 19.9 Å². The predicted octanol–water partition coefficient (Wildman–Crippen LogP) is 4.16. The Morgan fingerprint density at radius 3 is 2.24 bits per heavy atom. The summed E-state index contributed by atoms with van der Waals surface area (Å²) >= 11 is 0. The minimum atomic E-state index is -4.80. The van der Waals surface area contributed by atoms with Crippen LogP contribution in [-0.2, 0) is 16.6 Å². The number of nitrogens with two attached hydrogens (primary N) is 1. The average Bonchev–Trinajstić information content (AvgIpc) is 3.46. The highest BCUT2D eigenvalue weighted by molar-refractivity contribution is 5.84. The second kappa shape index (κ2) is 8.17. The highest BCUT2D eigenvalue weighted by Gasteiger charge is 2.43. The van der Waals surface area contributed by atoms with E-state index in [2.05, 4.69) is 15.3 Å². The molecular formula is C22H17F3N4O4. The lowest BCUT2D eigenvalue weighted by atomic mass is 9.90. The van der Waals surface area contributed by atoms with Crippen molar-refractivity contribution in [1.82, 2.24) is 15.3 Å². The molecule has 11 heteroatoms. The molecule has 8 nitrogen and oxygen atoms in total. The number of nitrogens with zero attached hydrogens (tertiary/aromatic N) is 3. The topological polar surface area (TPSA) is 128 Å². The fourth-order valence-corrected chi connectivity index (χ4v) is 3.34. The van der Waals surface area contributed by atoms with Gasteiger partial charge in [-0.25, -0.2) is 0 Å². The Morgan fingerprint density at radius 1 is 1.00 bits per heavy atom. The quantitative estimate of drug-likeness (QED) is 0.444.